The van der Waals surface area contributed by atoms with Crippen molar-refractivity contribution in [3.8, 4) is 0 Å². The van der Waals surface area contributed by atoms with E-state index in [2.05, 4.69) is 41.8 Å². The molecule has 0 unspecified atom stereocenters. The number of hydrogen-bond acceptors (Lipinski definition) is 1. The van der Waals surface area contributed by atoms with Crippen molar-refractivity contribution < 1.29 is 13.2 Å². The van der Waals surface area contributed by atoms with E-state index in [1.54, 1.807) is 0 Å². The summed E-state index contributed by atoms with van der Waals surface area (Å²) in [5.74, 6) is -1.14. The lowest BCUT2D eigenvalue weighted by molar-refractivity contribution is -0.144. The number of imidazole rings is 1. The standard InChI is InChI=1S/C8HBr2Cl2F3N2/c9-1-2(10)4(12)6-5(3(1)11)16-7(17-6)8(13,14)15/h(H,16,17). The summed E-state index contributed by atoms with van der Waals surface area (Å²) < 4.78 is 38.2. The minimum Gasteiger partial charge on any atom is -0.333 e. The van der Waals surface area contributed by atoms with Crippen LogP contribution < -0.4 is 0 Å². The molecular formula is C8HBr2Cl2F3N2. The molecule has 2 nitrogen and oxygen atoms in total. The Bertz CT molecular complexity index is 564. The zero-order valence-electron chi connectivity index (χ0n) is 7.59. The molecule has 2 aromatic rings. The maximum atomic E-state index is 12.5. The molecule has 1 heterocycles. The third-order valence-electron chi connectivity index (χ3n) is 1.98. The summed E-state index contributed by atoms with van der Waals surface area (Å²) in [4.78, 5) is 5.51. The quantitative estimate of drug-likeness (QED) is 0.454. The van der Waals surface area contributed by atoms with E-state index < -0.39 is 12.0 Å². The van der Waals surface area contributed by atoms with Crippen LogP contribution in [-0.2, 0) is 6.18 Å². The Morgan fingerprint density at radius 2 is 1.59 bits per heavy atom. The topological polar surface area (TPSA) is 28.7 Å². The monoisotopic (exact) mass is 410 g/mol. The summed E-state index contributed by atoms with van der Waals surface area (Å²) in [6.07, 6.45) is -4.58. The molecule has 1 N–H and O–H groups in total. The first-order valence-electron chi connectivity index (χ1n) is 4.02. The van der Waals surface area contributed by atoms with Crippen molar-refractivity contribution in [1.82, 2.24) is 9.97 Å². The van der Waals surface area contributed by atoms with Gasteiger partial charge in [0.25, 0.3) is 0 Å². The van der Waals surface area contributed by atoms with Gasteiger partial charge in [0.05, 0.1) is 24.5 Å². The van der Waals surface area contributed by atoms with Gasteiger partial charge in [-0.3, -0.25) is 0 Å². The highest BCUT2D eigenvalue weighted by Gasteiger charge is 2.35. The van der Waals surface area contributed by atoms with Crippen LogP contribution in [0.2, 0.25) is 10.0 Å². The normalized spacial score (nSPS) is 12.4. The summed E-state index contributed by atoms with van der Waals surface area (Å²) in [5.41, 5.74) is 0.0122. The Kier molecular flexibility index (Phi) is 3.40. The van der Waals surface area contributed by atoms with E-state index in [-0.39, 0.29) is 21.1 Å². The Morgan fingerprint density at radius 3 is 2.12 bits per heavy atom. The molecule has 0 bridgehead atoms. The van der Waals surface area contributed by atoms with E-state index in [1.807, 2.05) is 0 Å². The van der Waals surface area contributed by atoms with E-state index in [9.17, 15) is 13.2 Å². The van der Waals surface area contributed by atoms with Crippen LogP contribution in [-0.4, -0.2) is 9.97 Å². The Labute approximate surface area is 120 Å². The molecule has 0 aliphatic rings. The van der Waals surface area contributed by atoms with Crippen molar-refractivity contribution in [3.05, 3.63) is 24.8 Å². The fourth-order valence-corrected chi connectivity index (χ4v) is 2.70. The molecule has 0 radical (unpaired) electrons. The number of aromatic amines is 1. The summed E-state index contributed by atoms with van der Waals surface area (Å²) in [6, 6.07) is 0. The smallest absolute Gasteiger partial charge is 0.333 e. The van der Waals surface area contributed by atoms with E-state index in [1.165, 1.54) is 0 Å². The number of nitrogens with one attached hydrogen (secondary N) is 1. The van der Waals surface area contributed by atoms with Gasteiger partial charge in [-0.1, -0.05) is 23.2 Å². The van der Waals surface area contributed by atoms with Gasteiger partial charge in [-0.15, -0.1) is 0 Å². The van der Waals surface area contributed by atoms with Gasteiger partial charge < -0.3 is 4.98 Å². The molecule has 9 heteroatoms. The number of H-pyrrole nitrogens is 1. The molecule has 0 fully saturated rings. The number of fused-ring (bicyclic) bond motifs is 1. The Hall–Kier alpha value is 0.0200. The number of alkyl halides is 3. The van der Waals surface area contributed by atoms with Gasteiger partial charge in [0, 0.05) is 0 Å². The summed E-state index contributed by atoms with van der Waals surface area (Å²) in [5, 5.41) is 0.141. The first-order valence-corrected chi connectivity index (χ1v) is 6.36. The molecular weight excluding hydrogens is 412 g/mol. The maximum absolute atomic E-state index is 12.5. The molecule has 0 aliphatic heterocycles. The largest absolute Gasteiger partial charge is 0.449 e. The van der Waals surface area contributed by atoms with Gasteiger partial charge in [-0.2, -0.15) is 13.2 Å². The zero-order valence-corrected chi connectivity index (χ0v) is 12.3. The van der Waals surface area contributed by atoms with Crippen molar-refractivity contribution in [3.63, 3.8) is 0 Å². The van der Waals surface area contributed by atoms with Crippen molar-refractivity contribution in [2.45, 2.75) is 6.18 Å². The Balaban J connectivity index is 2.86. The fourth-order valence-electron chi connectivity index (χ4n) is 1.23. The van der Waals surface area contributed by atoms with Gasteiger partial charge in [-0.05, 0) is 31.9 Å². The van der Waals surface area contributed by atoms with Crippen LogP contribution >= 0.6 is 55.1 Å². The van der Waals surface area contributed by atoms with E-state index in [0.717, 1.165) is 0 Å². The minimum absolute atomic E-state index is 0.0286. The zero-order chi connectivity index (χ0) is 13.0. The van der Waals surface area contributed by atoms with Gasteiger partial charge in [0.15, 0.2) is 0 Å². The van der Waals surface area contributed by atoms with Crippen LogP contribution in [0, 0.1) is 0 Å². The van der Waals surface area contributed by atoms with Crippen LogP contribution in [0.5, 0.6) is 0 Å². The molecule has 17 heavy (non-hydrogen) atoms. The second kappa shape index (κ2) is 4.29. The van der Waals surface area contributed by atoms with E-state index in [4.69, 9.17) is 23.2 Å². The predicted molar refractivity (Wildman–Crippen MR) is 66.5 cm³/mol. The molecule has 92 valence electrons. The average molecular weight is 413 g/mol. The Morgan fingerprint density at radius 1 is 1.06 bits per heavy atom. The highest BCUT2D eigenvalue weighted by molar-refractivity contribution is 9.13. The minimum atomic E-state index is -4.58. The number of hydrogen-bond donors (Lipinski definition) is 1. The molecule has 1 aromatic carbocycles. The van der Waals surface area contributed by atoms with Crippen molar-refractivity contribution in [1.29, 1.82) is 0 Å². The number of benzene rings is 1. The van der Waals surface area contributed by atoms with Crippen molar-refractivity contribution >= 4 is 66.1 Å². The predicted octanol–water partition coefficient (Wildman–Crippen LogP) is 5.41. The van der Waals surface area contributed by atoms with E-state index >= 15 is 0 Å². The van der Waals surface area contributed by atoms with Crippen LogP contribution in [0.15, 0.2) is 8.95 Å². The summed E-state index contributed by atoms with van der Waals surface area (Å²) >= 11 is 18.0. The fraction of sp³-hybridized carbons (Fsp3) is 0.125. The van der Waals surface area contributed by atoms with Gasteiger partial charge in [0.1, 0.15) is 5.52 Å². The van der Waals surface area contributed by atoms with Crippen molar-refractivity contribution in [2.75, 3.05) is 0 Å². The first-order chi connectivity index (χ1) is 7.73. The van der Waals surface area contributed by atoms with Gasteiger partial charge >= 0.3 is 6.18 Å². The van der Waals surface area contributed by atoms with Crippen LogP contribution in [0.4, 0.5) is 13.2 Å². The van der Waals surface area contributed by atoms with Crippen molar-refractivity contribution in [2.24, 2.45) is 0 Å². The SMILES string of the molecule is FC(F)(F)c1nc2c(Cl)c(Br)c(Br)c(Cl)c2[nH]1. The second-order valence-corrected chi connectivity index (χ2v) is 5.40. The molecule has 0 atom stereocenters. The lowest BCUT2D eigenvalue weighted by Gasteiger charge is -2.03. The molecule has 0 spiro atoms. The number of halogens is 7. The first kappa shape index (κ1) is 13.5. The lowest BCUT2D eigenvalue weighted by Crippen LogP contribution is -2.06. The number of rotatable bonds is 0. The average Bonchev–Trinajstić information content (AvgIpc) is 2.67. The molecule has 2 rings (SSSR count). The van der Waals surface area contributed by atoms with Crippen LogP contribution in [0.3, 0.4) is 0 Å². The highest BCUT2D eigenvalue weighted by atomic mass is 79.9. The third-order valence-corrected chi connectivity index (χ3v) is 5.30. The highest BCUT2D eigenvalue weighted by Crippen LogP contribution is 2.43. The van der Waals surface area contributed by atoms with E-state index in [0.29, 0.717) is 8.95 Å². The molecule has 0 aliphatic carbocycles. The molecule has 0 saturated carbocycles. The number of aromatic nitrogens is 2. The van der Waals surface area contributed by atoms with Crippen LogP contribution in [0.25, 0.3) is 11.0 Å². The van der Waals surface area contributed by atoms with Crippen LogP contribution in [0.1, 0.15) is 5.82 Å². The summed E-state index contributed by atoms with van der Waals surface area (Å²) in [7, 11) is 0. The lowest BCUT2D eigenvalue weighted by atomic mass is 10.3. The van der Waals surface area contributed by atoms with Gasteiger partial charge in [0.2, 0.25) is 5.82 Å². The molecule has 1 aromatic heterocycles. The maximum Gasteiger partial charge on any atom is 0.449 e. The molecule has 0 amide bonds. The van der Waals surface area contributed by atoms with Gasteiger partial charge in [-0.25, -0.2) is 4.98 Å². The third kappa shape index (κ3) is 2.18. The summed E-state index contributed by atoms with van der Waals surface area (Å²) in [6.45, 7) is 0. The second-order valence-electron chi connectivity index (χ2n) is 3.06. The number of nitrogens with zero attached hydrogens (tertiary/aromatic N) is 1. The molecule has 0 saturated heterocycles.